The van der Waals surface area contributed by atoms with Crippen molar-refractivity contribution < 1.29 is 13.9 Å². The number of methoxy groups -OCH3 is 1. The lowest BCUT2D eigenvalue weighted by Crippen LogP contribution is -2.12. The average molecular weight is 365 g/mol. The summed E-state index contributed by atoms with van der Waals surface area (Å²) in [5, 5.41) is 5.93. The van der Waals surface area contributed by atoms with E-state index in [1.165, 1.54) is 23.8 Å². The molecule has 2 aromatic carbocycles. The van der Waals surface area contributed by atoms with Crippen LogP contribution in [0.15, 0.2) is 66.9 Å². The third kappa shape index (κ3) is 5.28. The number of carbonyl (C=O) groups excluding carboxylic acids is 1. The number of benzene rings is 2. The highest BCUT2D eigenvalue weighted by molar-refractivity contribution is 6.04. The molecule has 2 N–H and O–H groups in total. The predicted octanol–water partition coefficient (Wildman–Crippen LogP) is 4.14. The van der Waals surface area contributed by atoms with Gasteiger partial charge in [0.2, 0.25) is 0 Å². The molecule has 1 heterocycles. The Balaban J connectivity index is 1.50. The summed E-state index contributed by atoms with van der Waals surface area (Å²) in [6.07, 6.45) is 2.41. The minimum atomic E-state index is -0.447. The molecule has 3 rings (SSSR count). The van der Waals surface area contributed by atoms with Gasteiger partial charge in [-0.3, -0.25) is 4.79 Å². The summed E-state index contributed by atoms with van der Waals surface area (Å²) in [5.41, 5.74) is 2.00. The Hall–Kier alpha value is -3.41. The second-order valence-electron chi connectivity index (χ2n) is 5.92. The molecule has 6 heteroatoms. The van der Waals surface area contributed by atoms with Crippen LogP contribution >= 0.6 is 0 Å². The summed E-state index contributed by atoms with van der Waals surface area (Å²) >= 11 is 0. The quantitative estimate of drug-likeness (QED) is 0.661. The van der Waals surface area contributed by atoms with Crippen molar-refractivity contribution in [3.63, 3.8) is 0 Å². The van der Waals surface area contributed by atoms with Crippen molar-refractivity contribution in [2.75, 3.05) is 24.3 Å². The van der Waals surface area contributed by atoms with Crippen molar-refractivity contribution in [3.8, 4) is 5.75 Å². The molecule has 0 saturated carbocycles. The smallest absolute Gasteiger partial charge is 0.255 e. The van der Waals surface area contributed by atoms with Crippen LogP contribution in [-0.2, 0) is 6.42 Å². The molecule has 0 spiro atoms. The summed E-state index contributed by atoms with van der Waals surface area (Å²) in [4.78, 5) is 16.4. The zero-order chi connectivity index (χ0) is 19.1. The summed E-state index contributed by atoms with van der Waals surface area (Å²) < 4.78 is 18.3. The zero-order valence-electron chi connectivity index (χ0n) is 14.9. The first-order valence-electron chi connectivity index (χ1n) is 8.54. The Morgan fingerprint density at radius 3 is 2.59 bits per heavy atom. The number of pyridine rings is 1. The lowest BCUT2D eigenvalue weighted by Gasteiger charge is -2.08. The Labute approximate surface area is 157 Å². The fourth-order valence-electron chi connectivity index (χ4n) is 2.53. The number of hydrogen-bond acceptors (Lipinski definition) is 4. The highest BCUT2D eigenvalue weighted by Crippen LogP contribution is 2.14. The highest BCUT2D eigenvalue weighted by atomic mass is 19.1. The van der Waals surface area contributed by atoms with Gasteiger partial charge in [-0.15, -0.1) is 0 Å². The second-order valence-corrected chi connectivity index (χ2v) is 5.92. The van der Waals surface area contributed by atoms with Crippen LogP contribution in [0.2, 0.25) is 0 Å². The maximum absolute atomic E-state index is 13.2. The molecule has 3 aromatic rings. The molecular formula is C21H20FN3O2. The first kappa shape index (κ1) is 18.4. The number of aromatic nitrogens is 1. The molecule has 5 nitrogen and oxygen atoms in total. The number of anilines is 2. The van der Waals surface area contributed by atoms with Gasteiger partial charge in [-0.25, -0.2) is 9.37 Å². The van der Waals surface area contributed by atoms with Crippen LogP contribution in [0, 0.1) is 5.82 Å². The summed E-state index contributed by atoms with van der Waals surface area (Å²) in [6, 6.07) is 17.0. The van der Waals surface area contributed by atoms with Gasteiger partial charge in [0.05, 0.1) is 19.0 Å². The normalized spacial score (nSPS) is 10.3. The van der Waals surface area contributed by atoms with Gasteiger partial charge >= 0.3 is 0 Å². The van der Waals surface area contributed by atoms with Crippen LogP contribution in [0.1, 0.15) is 15.9 Å². The molecule has 0 aliphatic heterocycles. The van der Waals surface area contributed by atoms with Gasteiger partial charge in [0.1, 0.15) is 17.4 Å². The highest BCUT2D eigenvalue weighted by Gasteiger charge is 2.07. The fraction of sp³-hybridized carbons (Fsp3) is 0.143. The van der Waals surface area contributed by atoms with Crippen LogP contribution in [0.4, 0.5) is 15.9 Å². The SMILES string of the molecule is COc1ccc(CCNc2ccc(NC(=O)c3cccc(F)c3)cn2)cc1. The Kier molecular flexibility index (Phi) is 5.99. The average Bonchev–Trinajstić information content (AvgIpc) is 2.70. The number of halogens is 1. The van der Waals surface area contributed by atoms with E-state index in [4.69, 9.17) is 4.74 Å². The van der Waals surface area contributed by atoms with E-state index in [1.54, 1.807) is 31.5 Å². The van der Waals surface area contributed by atoms with Crippen molar-refractivity contribution in [3.05, 3.63) is 83.8 Å². The Morgan fingerprint density at radius 1 is 1.11 bits per heavy atom. The number of hydrogen-bond donors (Lipinski definition) is 2. The number of amides is 1. The van der Waals surface area contributed by atoms with Gasteiger partial charge < -0.3 is 15.4 Å². The van der Waals surface area contributed by atoms with Gasteiger partial charge in [0, 0.05) is 12.1 Å². The van der Waals surface area contributed by atoms with Crippen molar-refractivity contribution >= 4 is 17.4 Å². The number of rotatable bonds is 7. The molecule has 0 aliphatic carbocycles. The summed E-state index contributed by atoms with van der Waals surface area (Å²) in [5.74, 6) is 0.727. The molecular weight excluding hydrogens is 345 g/mol. The van der Waals surface area contributed by atoms with Crippen LogP contribution in [-0.4, -0.2) is 24.5 Å². The van der Waals surface area contributed by atoms with Crippen LogP contribution in [0.25, 0.3) is 0 Å². The van der Waals surface area contributed by atoms with Gasteiger partial charge in [-0.1, -0.05) is 18.2 Å². The van der Waals surface area contributed by atoms with E-state index in [-0.39, 0.29) is 11.5 Å². The number of carbonyl (C=O) groups is 1. The Morgan fingerprint density at radius 2 is 1.93 bits per heavy atom. The number of nitrogens with one attached hydrogen (secondary N) is 2. The molecule has 0 radical (unpaired) electrons. The standard InChI is InChI=1S/C21H20FN3O2/c1-27-19-8-5-15(6-9-19)11-12-23-20-10-7-18(14-24-20)25-21(26)16-3-2-4-17(22)13-16/h2-10,13-14H,11-12H2,1H3,(H,23,24)(H,25,26). The monoisotopic (exact) mass is 365 g/mol. The maximum Gasteiger partial charge on any atom is 0.255 e. The van der Waals surface area contributed by atoms with Crippen molar-refractivity contribution in [2.45, 2.75) is 6.42 Å². The van der Waals surface area contributed by atoms with Crippen LogP contribution < -0.4 is 15.4 Å². The van der Waals surface area contributed by atoms with Gasteiger partial charge in [-0.2, -0.15) is 0 Å². The molecule has 0 bridgehead atoms. The van der Waals surface area contributed by atoms with E-state index in [2.05, 4.69) is 15.6 Å². The molecule has 0 unspecified atom stereocenters. The third-order valence-electron chi connectivity index (χ3n) is 3.99. The summed E-state index contributed by atoms with van der Waals surface area (Å²) in [7, 11) is 1.65. The third-order valence-corrected chi connectivity index (χ3v) is 3.99. The minimum Gasteiger partial charge on any atom is -0.497 e. The Bertz CT molecular complexity index is 896. The van der Waals surface area contributed by atoms with Crippen molar-refractivity contribution in [2.24, 2.45) is 0 Å². The first-order valence-corrected chi connectivity index (χ1v) is 8.54. The van der Waals surface area contributed by atoms with Crippen LogP contribution in [0.5, 0.6) is 5.75 Å². The van der Waals surface area contributed by atoms with Gasteiger partial charge in [0.25, 0.3) is 5.91 Å². The molecule has 1 aromatic heterocycles. The molecule has 0 atom stereocenters. The molecule has 0 fully saturated rings. The summed E-state index contributed by atoms with van der Waals surface area (Å²) in [6.45, 7) is 0.730. The van der Waals surface area contributed by atoms with Gasteiger partial charge in [0.15, 0.2) is 0 Å². The van der Waals surface area contributed by atoms with E-state index in [1.807, 2.05) is 24.3 Å². The molecule has 138 valence electrons. The van der Waals surface area contributed by atoms with E-state index < -0.39 is 5.82 Å². The van der Waals surface area contributed by atoms with E-state index in [0.29, 0.717) is 11.5 Å². The first-order chi connectivity index (χ1) is 13.1. The van der Waals surface area contributed by atoms with E-state index >= 15 is 0 Å². The number of nitrogens with zero attached hydrogens (tertiary/aromatic N) is 1. The van der Waals surface area contributed by atoms with E-state index in [0.717, 1.165) is 18.7 Å². The van der Waals surface area contributed by atoms with Crippen LogP contribution in [0.3, 0.4) is 0 Å². The topological polar surface area (TPSA) is 63.2 Å². The maximum atomic E-state index is 13.2. The van der Waals surface area contributed by atoms with Gasteiger partial charge in [-0.05, 0) is 54.4 Å². The van der Waals surface area contributed by atoms with Crippen molar-refractivity contribution in [1.82, 2.24) is 4.98 Å². The molecule has 1 amide bonds. The molecule has 0 saturated heterocycles. The van der Waals surface area contributed by atoms with Crippen molar-refractivity contribution in [1.29, 1.82) is 0 Å². The second kappa shape index (κ2) is 8.80. The largest absolute Gasteiger partial charge is 0.497 e. The molecule has 0 aliphatic rings. The predicted molar refractivity (Wildman–Crippen MR) is 104 cm³/mol. The zero-order valence-corrected chi connectivity index (χ0v) is 14.9. The number of ether oxygens (including phenoxy) is 1. The molecule has 27 heavy (non-hydrogen) atoms. The lowest BCUT2D eigenvalue weighted by atomic mass is 10.1. The fourth-order valence-corrected chi connectivity index (χ4v) is 2.53. The minimum absolute atomic E-state index is 0.261. The lowest BCUT2D eigenvalue weighted by molar-refractivity contribution is 0.102. The van der Waals surface area contributed by atoms with E-state index in [9.17, 15) is 9.18 Å².